The van der Waals surface area contributed by atoms with Gasteiger partial charge in [0.1, 0.15) is 11.6 Å². The van der Waals surface area contributed by atoms with Crippen LogP contribution in [0.4, 0.5) is 10.1 Å². The Morgan fingerprint density at radius 2 is 1.80 bits per heavy atom. The van der Waals surface area contributed by atoms with Gasteiger partial charge in [0.05, 0.1) is 6.54 Å². The lowest BCUT2D eigenvalue weighted by molar-refractivity contribution is -0.135. The van der Waals surface area contributed by atoms with Crippen LogP contribution in [-0.4, -0.2) is 60.9 Å². The monoisotopic (exact) mass is 413 g/mol. The lowest BCUT2D eigenvalue weighted by Crippen LogP contribution is -2.51. The molecular weight excluding hydrogens is 385 g/mol. The van der Waals surface area contributed by atoms with Crippen molar-refractivity contribution in [3.8, 4) is 5.75 Å². The lowest BCUT2D eigenvalue weighted by Gasteiger charge is -2.34. The zero-order chi connectivity index (χ0) is 21.5. The molecule has 2 aromatic carbocycles. The number of hydrogen-bond acceptors (Lipinski definition) is 4. The van der Waals surface area contributed by atoms with Crippen molar-refractivity contribution >= 4 is 17.5 Å². The zero-order valence-electron chi connectivity index (χ0n) is 17.4. The van der Waals surface area contributed by atoms with Gasteiger partial charge in [0.25, 0.3) is 5.91 Å². The van der Waals surface area contributed by atoms with Gasteiger partial charge >= 0.3 is 0 Å². The molecule has 1 aliphatic rings. The molecule has 30 heavy (non-hydrogen) atoms. The zero-order valence-corrected chi connectivity index (χ0v) is 17.4. The topological polar surface area (TPSA) is 61.9 Å². The molecule has 0 spiro atoms. The summed E-state index contributed by atoms with van der Waals surface area (Å²) in [5.41, 5.74) is 1.52. The SMILES string of the molecule is CC(C)c1ccccc1OCC(=O)N1CCN(CC(=O)Nc2cccc(F)c2)CC1. The molecule has 0 unspecified atom stereocenters. The molecule has 0 aromatic heterocycles. The number of anilines is 1. The van der Waals surface area contributed by atoms with Crippen LogP contribution in [0.25, 0.3) is 0 Å². The predicted octanol–water partition coefficient (Wildman–Crippen LogP) is 3.11. The summed E-state index contributed by atoms with van der Waals surface area (Å²) in [7, 11) is 0. The standard InChI is InChI=1S/C23H28FN3O3/c1-17(2)20-8-3-4-9-21(20)30-16-23(29)27-12-10-26(11-13-27)15-22(28)25-19-7-5-6-18(24)14-19/h3-9,14,17H,10-13,15-16H2,1-2H3,(H,25,28). The number of hydrogen-bond donors (Lipinski definition) is 1. The number of halogens is 1. The van der Waals surface area contributed by atoms with Gasteiger partial charge in [-0.15, -0.1) is 0 Å². The van der Waals surface area contributed by atoms with Gasteiger partial charge in [0.2, 0.25) is 5.91 Å². The number of amides is 2. The van der Waals surface area contributed by atoms with E-state index in [0.717, 1.165) is 11.3 Å². The van der Waals surface area contributed by atoms with Crippen molar-refractivity contribution in [1.82, 2.24) is 9.80 Å². The molecule has 2 aromatic rings. The normalized spacial score (nSPS) is 14.6. The molecule has 1 N–H and O–H groups in total. The molecule has 2 amide bonds. The molecule has 0 atom stereocenters. The molecule has 0 radical (unpaired) electrons. The van der Waals surface area contributed by atoms with E-state index < -0.39 is 5.82 Å². The van der Waals surface area contributed by atoms with Crippen LogP contribution >= 0.6 is 0 Å². The Morgan fingerprint density at radius 1 is 1.07 bits per heavy atom. The minimum Gasteiger partial charge on any atom is -0.483 e. The fraction of sp³-hybridized carbons (Fsp3) is 0.391. The summed E-state index contributed by atoms with van der Waals surface area (Å²) in [6.07, 6.45) is 0. The third-order valence-corrected chi connectivity index (χ3v) is 5.09. The maximum atomic E-state index is 13.2. The molecule has 3 rings (SSSR count). The van der Waals surface area contributed by atoms with Gasteiger partial charge in [-0.1, -0.05) is 38.1 Å². The summed E-state index contributed by atoms with van der Waals surface area (Å²) < 4.78 is 19.0. The second-order valence-corrected chi connectivity index (χ2v) is 7.70. The largest absolute Gasteiger partial charge is 0.483 e. The van der Waals surface area contributed by atoms with Crippen molar-refractivity contribution in [2.24, 2.45) is 0 Å². The molecule has 7 heteroatoms. The highest BCUT2D eigenvalue weighted by atomic mass is 19.1. The minimum atomic E-state index is -0.391. The van der Waals surface area contributed by atoms with Gasteiger partial charge in [-0.05, 0) is 35.7 Å². The first-order valence-corrected chi connectivity index (χ1v) is 10.2. The molecule has 0 bridgehead atoms. The summed E-state index contributed by atoms with van der Waals surface area (Å²) in [6, 6.07) is 13.6. The number of ether oxygens (including phenoxy) is 1. The number of para-hydroxylation sites is 1. The summed E-state index contributed by atoms with van der Waals surface area (Å²) in [6.45, 7) is 6.68. The van der Waals surface area contributed by atoms with E-state index in [1.807, 2.05) is 29.2 Å². The summed E-state index contributed by atoms with van der Waals surface area (Å²) in [5.74, 6) is 0.413. The fourth-order valence-electron chi connectivity index (χ4n) is 3.44. The third kappa shape index (κ3) is 6.03. The van der Waals surface area contributed by atoms with Crippen LogP contribution in [0.2, 0.25) is 0 Å². The molecule has 0 saturated carbocycles. The van der Waals surface area contributed by atoms with Crippen LogP contribution in [0.3, 0.4) is 0 Å². The van der Waals surface area contributed by atoms with Crippen molar-refractivity contribution in [3.63, 3.8) is 0 Å². The van der Waals surface area contributed by atoms with E-state index in [1.165, 1.54) is 12.1 Å². The maximum absolute atomic E-state index is 13.2. The van der Waals surface area contributed by atoms with E-state index in [9.17, 15) is 14.0 Å². The molecule has 0 aliphatic carbocycles. The van der Waals surface area contributed by atoms with Crippen LogP contribution in [0.15, 0.2) is 48.5 Å². The molecule has 160 valence electrons. The molecule has 6 nitrogen and oxygen atoms in total. The molecular formula is C23H28FN3O3. The van der Waals surface area contributed by atoms with Crippen molar-refractivity contribution in [2.45, 2.75) is 19.8 Å². The lowest BCUT2D eigenvalue weighted by atomic mass is 10.0. The van der Waals surface area contributed by atoms with Crippen LogP contribution in [0.5, 0.6) is 5.75 Å². The van der Waals surface area contributed by atoms with Crippen molar-refractivity contribution in [3.05, 3.63) is 59.9 Å². The first kappa shape index (κ1) is 21.8. The number of nitrogens with zero attached hydrogens (tertiary/aromatic N) is 2. The van der Waals surface area contributed by atoms with Crippen LogP contribution < -0.4 is 10.1 Å². The second kappa shape index (κ2) is 10.2. The fourth-order valence-corrected chi connectivity index (χ4v) is 3.44. The third-order valence-electron chi connectivity index (χ3n) is 5.09. The highest BCUT2D eigenvalue weighted by molar-refractivity contribution is 5.92. The Labute approximate surface area is 176 Å². The molecule has 1 fully saturated rings. The maximum Gasteiger partial charge on any atom is 0.260 e. The van der Waals surface area contributed by atoms with Gasteiger partial charge in [0, 0.05) is 31.9 Å². The number of carbonyl (C=O) groups excluding carboxylic acids is 2. The van der Waals surface area contributed by atoms with Gasteiger partial charge in [-0.2, -0.15) is 0 Å². The summed E-state index contributed by atoms with van der Waals surface area (Å²) in [5, 5.41) is 2.70. The Morgan fingerprint density at radius 3 is 2.50 bits per heavy atom. The summed E-state index contributed by atoms with van der Waals surface area (Å²) >= 11 is 0. The number of benzene rings is 2. The Kier molecular flexibility index (Phi) is 7.41. The Bertz CT molecular complexity index is 880. The van der Waals surface area contributed by atoms with E-state index in [1.54, 1.807) is 17.0 Å². The molecule has 1 saturated heterocycles. The number of piperazine rings is 1. The first-order chi connectivity index (χ1) is 14.4. The molecule has 1 aliphatic heterocycles. The van der Waals surface area contributed by atoms with Gasteiger partial charge in [0.15, 0.2) is 6.61 Å². The van der Waals surface area contributed by atoms with Crippen LogP contribution in [-0.2, 0) is 9.59 Å². The van der Waals surface area contributed by atoms with Crippen molar-refractivity contribution in [1.29, 1.82) is 0 Å². The Balaban J connectivity index is 1.42. The van der Waals surface area contributed by atoms with E-state index in [4.69, 9.17) is 4.74 Å². The van der Waals surface area contributed by atoms with E-state index >= 15 is 0 Å². The predicted molar refractivity (Wildman–Crippen MR) is 114 cm³/mol. The number of rotatable bonds is 7. The van der Waals surface area contributed by atoms with Gasteiger partial charge < -0.3 is 15.0 Å². The Hall–Kier alpha value is -2.93. The number of nitrogens with one attached hydrogen (secondary N) is 1. The average molecular weight is 413 g/mol. The smallest absolute Gasteiger partial charge is 0.260 e. The van der Waals surface area contributed by atoms with E-state index in [2.05, 4.69) is 19.2 Å². The van der Waals surface area contributed by atoms with Crippen LogP contribution in [0.1, 0.15) is 25.3 Å². The van der Waals surface area contributed by atoms with Crippen LogP contribution in [0, 0.1) is 5.82 Å². The van der Waals surface area contributed by atoms with Gasteiger partial charge in [-0.25, -0.2) is 4.39 Å². The highest BCUT2D eigenvalue weighted by Crippen LogP contribution is 2.25. The average Bonchev–Trinajstić information content (AvgIpc) is 2.72. The highest BCUT2D eigenvalue weighted by Gasteiger charge is 2.23. The van der Waals surface area contributed by atoms with Gasteiger partial charge in [-0.3, -0.25) is 14.5 Å². The first-order valence-electron chi connectivity index (χ1n) is 10.2. The second-order valence-electron chi connectivity index (χ2n) is 7.70. The van der Waals surface area contributed by atoms with Crippen molar-refractivity contribution in [2.75, 3.05) is 44.6 Å². The van der Waals surface area contributed by atoms with E-state index in [-0.39, 0.29) is 25.0 Å². The summed E-state index contributed by atoms with van der Waals surface area (Å²) in [4.78, 5) is 28.4. The van der Waals surface area contributed by atoms with Crippen molar-refractivity contribution < 1.29 is 18.7 Å². The minimum absolute atomic E-state index is 0.00376. The quantitative estimate of drug-likeness (QED) is 0.758. The number of carbonyl (C=O) groups is 2. The van der Waals surface area contributed by atoms with E-state index in [0.29, 0.717) is 37.8 Å². The molecule has 1 heterocycles.